The van der Waals surface area contributed by atoms with Crippen molar-refractivity contribution < 1.29 is 9.32 Å². The zero-order valence-electron chi connectivity index (χ0n) is 17.3. The Balaban J connectivity index is 1.49. The lowest BCUT2D eigenvalue weighted by Gasteiger charge is -2.06. The van der Waals surface area contributed by atoms with E-state index in [1.54, 1.807) is 16.8 Å². The molecular weight excluding hydrogens is 426 g/mol. The van der Waals surface area contributed by atoms with Gasteiger partial charge in [-0.2, -0.15) is 0 Å². The van der Waals surface area contributed by atoms with Gasteiger partial charge in [-0.25, -0.2) is 4.68 Å². The number of amides is 1. The highest BCUT2D eigenvalue weighted by Gasteiger charge is 2.19. The molecular formula is C24H18ClN5O2. The molecule has 0 bridgehead atoms. The van der Waals surface area contributed by atoms with Gasteiger partial charge in [0.05, 0.1) is 16.8 Å². The quantitative estimate of drug-likeness (QED) is 0.391. The van der Waals surface area contributed by atoms with E-state index in [-0.39, 0.29) is 11.6 Å². The normalized spacial score (nSPS) is 11.1. The molecule has 3 aromatic carbocycles. The summed E-state index contributed by atoms with van der Waals surface area (Å²) in [5.74, 6) is 0.320. The van der Waals surface area contributed by atoms with Gasteiger partial charge in [0.25, 0.3) is 5.91 Å². The van der Waals surface area contributed by atoms with Gasteiger partial charge in [-0.05, 0) is 74.0 Å². The predicted octanol–water partition coefficient (Wildman–Crippen LogP) is 5.60. The van der Waals surface area contributed by atoms with Gasteiger partial charge in [0.2, 0.25) is 0 Å². The van der Waals surface area contributed by atoms with Crippen molar-refractivity contribution in [3.05, 3.63) is 88.7 Å². The Morgan fingerprint density at radius 2 is 1.84 bits per heavy atom. The van der Waals surface area contributed by atoms with Crippen LogP contribution in [0.25, 0.3) is 27.9 Å². The molecule has 0 fully saturated rings. The standard InChI is InChI=1S/C24H18ClN5O2/c1-14-4-3-5-18(12-14)26-24(31)22-15(2)30(29-27-22)19-10-11-21-20(13-19)23(32-28-21)16-6-8-17(25)9-7-16/h3-13H,1-2H3,(H,26,31). The lowest BCUT2D eigenvalue weighted by atomic mass is 10.1. The van der Waals surface area contributed by atoms with Gasteiger partial charge in [0.15, 0.2) is 11.5 Å². The number of benzene rings is 3. The SMILES string of the molecule is Cc1cccc(NC(=O)c2nnn(-c3ccc4noc(-c5ccc(Cl)cc5)c4c3)c2C)c1. The molecule has 7 nitrogen and oxygen atoms in total. The van der Waals surface area contributed by atoms with E-state index < -0.39 is 0 Å². The number of fused-ring (bicyclic) bond motifs is 1. The van der Waals surface area contributed by atoms with Crippen LogP contribution in [0.4, 0.5) is 5.69 Å². The van der Waals surface area contributed by atoms with Crippen LogP contribution in [0.15, 0.2) is 71.3 Å². The maximum atomic E-state index is 12.8. The van der Waals surface area contributed by atoms with E-state index in [0.717, 1.165) is 22.2 Å². The molecule has 2 heterocycles. The fourth-order valence-electron chi connectivity index (χ4n) is 3.57. The molecule has 5 aromatic rings. The summed E-state index contributed by atoms with van der Waals surface area (Å²) in [6, 6.07) is 20.6. The van der Waals surface area contributed by atoms with Gasteiger partial charge in [0.1, 0.15) is 5.52 Å². The molecule has 0 spiro atoms. The van der Waals surface area contributed by atoms with E-state index in [1.807, 2.05) is 68.4 Å². The fraction of sp³-hybridized carbons (Fsp3) is 0.0833. The molecule has 0 aliphatic heterocycles. The van der Waals surface area contributed by atoms with Crippen LogP contribution in [-0.4, -0.2) is 26.1 Å². The number of carbonyl (C=O) groups is 1. The fourth-order valence-corrected chi connectivity index (χ4v) is 3.69. The highest BCUT2D eigenvalue weighted by Crippen LogP contribution is 2.31. The predicted molar refractivity (Wildman–Crippen MR) is 123 cm³/mol. The molecule has 1 N–H and O–H groups in total. The Hall–Kier alpha value is -3.97. The first-order valence-corrected chi connectivity index (χ1v) is 10.3. The van der Waals surface area contributed by atoms with Gasteiger partial charge in [-0.3, -0.25) is 4.79 Å². The van der Waals surface area contributed by atoms with Crippen LogP contribution in [0.5, 0.6) is 0 Å². The number of aryl methyl sites for hydroxylation is 1. The van der Waals surface area contributed by atoms with Crippen LogP contribution < -0.4 is 5.32 Å². The summed E-state index contributed by atoms with van der Waals surface area (Å²) in [5.41, 5.74) is 4.98. The molecule has 158 valence electrons. The average molecular weight is 444 g/mol. The number of hydrogen-bond acceptors (Lipinski definition) is 5. The van der Waals surface area contributed by atoms with Gasteiger partial charge >= 0.3 is 0 Å². The molecule has 1 amide bonds. The summed E-state index contributed by atoms with van der Waals surface area (Å²) in [5, 5.41) is 16.8. The van der Waals surface area contributed by atoms with Crippen LogP contribution in [-0.2, 0) is 0 Å². The van der Waals surface area contributed by atoms with E-state index >= 15 is 0 Å². The summed E-state index contributed by atoms with van der Waals surface area (Å²) in [7, 11) is 0. The zero-order chi connectivity index (χ0) is 22.2. The van der Waals surface area contributed by atoms with E-state index in [2.05, 4.69) is 20.8 Å². The Bertz CT molecular complexity index is 1450. The van der Waals surface area contributed by atoms with E-state index in [1.165, 1.54) is 0 Å². The largest absolute Gasteiger partial charge is 0.355 e. The highest BCUT2D eigenvalue weighted by atomic mass is 35.5. The molecule has 0 saturated carbocycles. The Labute approximate surface area is 188 Å². The van der Waals surface area contributed by atoms with Gasteiger partial charge in [-0.1, -0.05) is 34.1 Å². The van der Waals surface area contributed by atoms with Crippen molar-refractivity contribution in [1.82, 2.24) is 20.2 Å². The van der Waals surface area contributed by atoms with Crippen molar-refractivity contribution in [2.24, 2.45) is 0 Å². The molecule has 8 heteroatoms. The molecule has 0 aliphatic carbocycles. The number of hydrogen-bond donors (Lipinski definition) is 1. The summed E-state index contributed by atoms with van der Waals surface area (Å²) in [4.78, 5) is 12.8. The van der Waals surface area contributed by atoms with Crippen molar-refractivity contribution in [3.8, 4) is 17.0 Å². The Morgan fingerprint density at radius 3 is 2.62 bits per heavy atom. The third-order valence-corrected chi connectivity index (χ3v) is 5.45. The van der Waals surface area contributed by atoms with Crippen LogP contribution in [0.1, 0.15) is 21.7 Å². The number of aromatic nitrogens is 4. The molecule has 0 atom stereocenters. The second-order valence-electron chi connectivity index (χ2n) is 7.48. The Morgan fingerprint density at radius 1 is 1.03 bits per heavy atom. The minimum Gasteiger partial charge on any atom is -0.355 e. The maximum absolute atomic E-state index is 12.8. The molecule has 5 rings (SSSR count). The monoisotopic (exact) mass is 443 g/mol. The topological polar surface area (TPSA) is 85.8 Å². The first-order valence-electron chi connectivity index (χ1n) is 9.96. The van der Waals surface area contributed by atoms with Crippen molar-refractivity contribution in [1.29, 1.82) is 0 Å². The number of halogens is 1. The van der Waals surface area contributed by atoms with Gasteiger partial charge in [0, 0.05) is 16.3 Å². The first-order chi connectivity index (χ1) is 15.5. The van der Waals surface area contributed by atoms with E-state index in [9.17, 15) is 4.79 Å². The minimum absolute atomic E-state index is 0.259. The van der Waals surface area contributed by atoms with Crippen molar-refractivity contribution in [2.45, 2.75) is 13.8 Å². The lowest BCUT2D eigenvalue weighted by molar-refractivity contribution is 0.102. The van der Waals surface area contributed by atoms with Crippen molar-refractivity contribution in [2.75, 3.05) is 5.32 Å². The van der Waals surface area contributed by atoms with Crippen LogP contribution >= 0.6 is 11.6 Å². The molecule has 32 heavy (non-hydrogen) atoms. The van der Waals surface area contributed by atoms with Crippen LogP contribution in [0, 0.1) is 13.8 Å². The molecule has 2 aromatic heterocycles. The number of nitrogens with one attached hydrogen (secondary N) is 1. The zero-order valence-corrected chi connectivity index (χ0v) is 18.1. The summed E-state index contributed by atoms with van der Waals surface area (Å²) >= 11 is 6.00. The molecule has 0 radical (unpaired) electrons. The van der Waals surface area contributed by atoms with E-state index in [0.29, 0.717) is 27.7 Å². The van der Waals surface area contributed by atoms with Crippen molar-refractivity contribution in [3.63, 3.8) is 0 Å². The average Bonchev–Trinajstić information content (AvgIpc) is 3.37. The smallest absolute Gasteiger partial charge is 0.278 e. The van der Waals surface area contributed by atoms with E-state index in [4.69, 9.17) is 16.1 Å². The number of rotatable bonds is 4. The van der Waals surface area contributed by atoms with Crippen molar-refractivity contribution >= 4 is 34.1 Å². The third kappa shape index (κ3) is 3.63. The first kappa shape index (κ1) is 20.0. The number of anilines is 1. The Kier molecular flexibility index (Phi) is 4.95. The lowest BCUT2D eigenvalue weighted by Crippen LogP contribution is -2.14. The molecule has 0 unspecified atom stereocenters. The van der Waals surface area contributed by atoms with Crippen LogP contribution in [0.3, 0.4) is 0 Å². The minimum atomic E-state index is -0.313. The molecule has 0 aliphatic rings. The van der Waals surface area contributed by atoms with Gasteiger partial charge < -0.3 is 9.84 Å². The van der Waals surface area contributed by atoms with Gasteiger partial charge in [-0.15, -0.1) is 5.10 Å². The number of nitrogens with zero attached hydrogens (tertiary/aromatic N) is 4. The third-order valence-electron chi connectivity index (χ3n) is 5.20. The number of carbonyl (C=O) groups excluding carboxylic acids is 1. The second kappa shape index (κ2) is 7.94. The second-order valence-corrected chi connectivity index (χ2v) is 7.92. The summed E-state index contributed by atoms with van der Waals surface area (Å²) in [6.45, 7) is 3.78. The molecule has 0 saturated heterocycles. The van der Waals surface area contributed by atoms with Crippen LogP contribution in [0.2, 0.25) is 5.02 Å². The maximum Gasteiger partial charge on any atom is 0.278 e. The highest BCUT2D eigenvalue weighted by molar-refractivity contribution is 6.30. The summed E-state index contributed by atoms with van der Waals surface area (Å²) in [6.07, 6.45) is 0. The summed E-state index contributed by atoms with van der Waals surface area (Å²) < 4.78 is 7.21.